The molecule has 0 radical (unpaired) electrons. The van der Waals surface area contributed by atoms with E-state index in [4.69, 9.17) is 38.4 Å². The largest absolute Gasteiger partial charge is 0.497 e. The van der Waals surface area contributed by atoms with E-state index in [9.17, 15) is 4.79 Å². The second-order valence-electron chi connectivity index (χ2n) is 5.03. The van der Waals surface area contributed by atoms with Gasteiger partial charge in [0.05, 0.1) is 30.1 Å². The van der Waals surface area contributed by atoms with Crippen LogP contribution in [0.5, 0.6) is 11.5 Å². The number of ether oxygens (including phenoxy) is 2. The molecule has 5 nitrogen and oxygen atoms in total. The van der Waals surface area contributed by atoms with Crippen molar-refractivity contribution in [2.24, 2.45) is 0 Å². The lowest BCUT2D eigenvalue weighted by molar-refractivity contribution is -0.116. The summed E-state index contributed by atoms with van der Waals surface area (Å²) in [6.45, 7) is 0.368. The van der Waals surface area contributed by atoms with Gasteiger partial charge in [0.1, 0.15) is 11.5 Å². The van der Waals surface area contributed by atoms with Crippen LogP contribution in [0.1, 0.15) is 12.8 Å². The standard InChI is InChI=1S/C17H18Cl2N2O3/c1-23-12-5-6-15(14(20)10-12)21-17(22)3-2-8-24-16-7-4-11(18)9-13(16)19/h4-7,9-10H,2-3,8,20H2,1H3,(H,21,22). The van der Waals surface area contributed by atoms with Gasteiger partial charge in [-0.1, -0.05) is 23.2 Å². The first-order valence-electron chi connectivity index (χ1n) is 7.31. The summed E-state index contributed by atoms with van der Waals surface area (Å²) in [5, 5.41) is 3.75. The molecule has 0 aliphatic heterocycles. The molecule has 128 valence electrons. The molecule has 24 heavy (non-hydrogen) atoms. The first kappa shape index (κ1) is 18.2. The van der Waals surface area contributed by atoms with Crippen LogP contribution in [0, 0.1) is 0 Å². The lowest BCUT2D eigenvalue weighted by Gasteiger charge is -2.10. The topological polar surface area (TPSA) is 73.6 Å². The molecule has 2 aromatic carbocycles. The van der Waals surface area contributed by atoms with Gasteiger partial charge in [-0.05, 0) is 36.8 Å². The summed E-state index contributed by atoms with van der Waals surface area (Å²) in [6.07, 6.45) is 0.845. The summed E-state index contributed by atoms with van der Waals surface area (Å²) in [5.41, 5.74) is 6.87. The van der Waals surface area contributed by atoms with Crippen LogP contribution in [0.15, 0.2) is 36.4 Å². The molecule has 2 rings (SSSR count). The Labute approximate surface area is 150 Å². The van der Waals surface area contributed by atoms with Crippen molar-refractivity contribution in [3.63, 3.8) is 0 Å². The van der Waals surface area contributed by atoms with Crippen molar-refractivity contribution >= 4 is 40.5 Å². The van der Waals surface area contributed by atoms with Crippen LogP contribution >= 0.6 is 23.2 Å². The van der Waals surface area contributed by atoms with Gasteiger partial charge in [0.2, 0.25) is 5.91 Å². The normalized spacial score (nSPS) is 10.3. The van der Waals surface area contributed by atoms with Gasteiger partial charge in [-0.3, -0.25) is 4.79 Å². The maximum absolute atomic E-state index is 11.9. The van der Waals surface area contributed by atoms with Gasteiger partial charge >= 0.3 is 0 Å². The minimum atomic E-state index is -0.141. The average molecular weight is 369 g/mol. The molecule has 0 heterocycles. The highest BCUT2D eigenvalue weighted by Crippen LogP contribution is 2.27. The Bertz CT molecular complexity index is 723. The van der Waals surface area contributed by atoms with Gasteiger partial charge in [-0.15, -0.1) is 0 Å². The van der Waals surface area contributed by atoms with Crippen molar-refractivity contribution < 1.29 is 14.3 Å². The number of benzene rings is 2. The van der Waals surface area contributed by atoms with E-state index in [1.165, 1.54) is 0 Å². The highest BCUT2D eigenvalue weighted by Gasteiger charge is 2.07. The van der Waals surface area contributed by atoms with Crippen LogP contribution in [0.3, 0.4) is 0 Å². The molecule has 0 bridgehead atoms. The number of nitrogen functional groups attached to an aromatic ring is 1. The van der Waals surface area contributed by atoms with E-state index in [0.717, 1.165) is 0 Å². The Morgan fingerprint density at radius 2 is 2.00 bits per heavy atom. The van der Waals surface area contributed by atoms with E-state index in [0.29, 0.717) is 52.4 Å². The number of rotatable bonds is 7. The third-order valence-electron chi connectivity index (χ3n) is 3.23. The zero-order chi connectivity index (χ0) is 17.5. The number of methoxy groups -OCH3 is 1. The molecule has 2 aromatic rings. The van der Waals surface area contributed by atoms with Gasteiger partial charge in [0.15, 0.2) is 0 Å². The van der Waals surface area contributed by atoms with Gasteiger partial charge < -0.3 is 20.5 Å². The number of anilines is 2. The van der Waals surface area contributed by atoms with Crippen molar-refractivity contribution in [2.45, 2.75) is 12.8 Å². The predicted octanol–water partition coefficient (Wildman–Crippen LogP) is 4.38. The van der Waals surface area contributed by atoms with Crippen molar-refractivity contribution in [2.75, 3.05) is 24.8 Å². The third kappa shape index (κ3) is 5.22. The lowest BCUT2D eigenvalue weighted by Crippen LogP contribution is -2.14. The van der Waals surface area contributed by atoms with E-state index in [-0.39, 0.29) is 5.91 Å². The van der Waals surface area contributed by atoms with Crippen molar-refractivity contribution in [3.05, 3.63) is 46.4 Å². The number of hydrogen-bond acceptors (Lipinski definition) is 4. The Morgan fingerprint density at radius 1 is 1.21 bits per heavy atom. The van der Waals surface area contributed by atoms with Gasteiger partial charge in [0, 0.05) is 17.5 Å². The van der Waals surface area contributed by atoms with E-state index < -0.39 is 0 Å². The molecule has 3 N–H and O–H groups in total. The van der Waals surface area contributed by atoms with Crippen molar-refractivity contribution in [3.8, 4) is 11.5 Å². The molecule has 0 saturated carbocycles. The second-order valence-corrected chi connectivity index (χ2v) is 5.87. The summed E-state index contributed by atoms with van der Waals surface area (Å²) >= 11 is 11.8. The fourth-order valence-corrected chi connectivity index (χ4v) is 2.46. The molecule has 0 saturated heterocycles. The van der Waals surface area contributed by atoms with Crippen molar-refractivity contribution in [1.82, 2.24) is 0 Å². The molecule has 0 aliphatic rings. The molecule has 0 atom stereocenters. The minimum Gasteiger partial charge on any atom is -0.497 e. The van der Waals surface area contributed by atoms with Crippen molar-refractivity contribution in [1.29, 1.82) is 0 Å². The zero-order valence-corrected chi connectivity index (χ0v) is 14.7. The van der Waals surface area contributed by atoms with Crippen LogP contribution < -0.4 is 20.5 Å². The predicted molar refractivity (Wildman–Crippen MR) is 97.2 cm³/mol. The van der Waals surface area contributed by atoms with Crippen LogP contribution in [0.4, 0.5) is 11.4 Å². The Balaban J connectivity index is 1.77. The maximum Gasteiger partial charge on any atom is 0.224 e. The van der Waals surface area contributed by atoms with Crippen LogP contribution in [0.2, 0.25) is 10.0 Å². The summed E-state index contributed by atoms with van der Waals surface area (Å²) in [7, 11) is 1.56. The molecule has 1 amide bonds. The monoisotopic (exact) mass is 368 g/mol. The average Bonchev–Trinajstić information content (AvgIpc) is 2.55. The Kier molecular flexibility index (Phi) is 6.58. The third-order valence-corrected chi connectivity index (χ3v) is 3.76. The fraction of sp³-hybridized carbons (Fsp3) is 0.235. The smallest absolute Gasteiger partial charge is 0.224 e. The van der Waals surface area contributed by atoms with Crippen LogP contribution in [-0.4, -0.2) is 19.6 Å². The summed E-state index contributed by atoms with van der Waals surface area (Å²) < 4.78 is 10.6. The number of nitrogens with one attached hydrogen (secondary N) is 1. The van der Waals surface area contributed by atoms with E-state index >= 15 is 0 Å². The van der Waals surface area contributed by atoms with E-state index in [1.807, 2.05) is 0 Å². The Hall–Kier alpha value is -2.11. The number of nitrogens with two attached hydrogens (primary N) is 1. The molecule has 0 aromatic heterocycles. The number of carbonyl (C=O) groups is 1. The molecule has 7 heteroatoms. The first-order chi connectivity index (χ1) is 11.5. The van der Waals surface area contributed by atoms with Gasteiger partial charge in [-0.25, -0.2) is 0 Å². The second kappa shape index (κ2) is 8.66. The number of amides is 1. The van der Waals surface area contributed by atoms with Gasteiger partial charge in [-0.2, -0.15) is 0 Å². The summed E-state index contributed by atoms with van der Waals surface area (Å²) in [5.74, 6) is 1.04. The van der Waals surface area contributed by atoms with E-state index in [1.54, 1.807) is 43.5 Å². The minimum absolute atomic E-state index is 0.141. The highest BCUT2D eigenvalue weighted by molar-refractivity contribution is 6.35. The number of hydrogen-bond donors (Lipinski definition) is 2. The zero-order valence-electron chi connectivity index (χ0n) is 13.1. The molecular formula is C17H18Cl2N2O3. The SMILES string of the molecule is COc1ccc(NC(=O)CCCOc2ccc(Cl)cc2Cl)c(N)c1. The highest BCUT2D eigenvalue weighted by atomic mass is 35.5. The first-order valence-corrected chi connectivity index (χ1v) is 8.06. The van der Waals surface area contributed by atoms with Gasteiger partial charge in [0.25, 0.3) is 0 Å². The molecular weight excluding hydrogens is 351 g/mol. The number of halogens is 2. The van der Waals surface area contributed by atoms with E-state index in [2.05, 4.69) is 5.32 Å². The fourth-order valence-electron chi connectivity index (χ4n) is 2.00. The van der Waals surface area contributed by atoms with Crippen LogP contribution in [-0.2, 0) is 4.79 Å². The summed E-state index contributed by atoms with van der Waals surface area (Å²) in [4.78, 5) is 11.9. The lowest BCUT2D eigenvalue weighted by atomic mass is 10.2. The molecule has 0 fully saturated rings. The molecule has 0 unspecified atom stereocenters. The quantitative estimate of drug-likeness (QED) is 0.561. The number of carbonyl (C=O) groups excluding carboxylic acids is 1. The molecule has 0 spiro atoms. The van der Waals surface area contributed by atoms with Crippen LogP contribution in [0.25, 0.3) is 0 Å². The maximum atomic E-state index is 11.9. The summed E-state index contributed by atoms with van der Waals surface area (Å²) in [6, 6.07) is 10.1. The Morgan fingerprint density at radius 3 is 2.67 bits per heavy atom. The molecule has 0 aliphatic carbocycles.